The molecule has 20 heavy (non-hydrogen) atoms. The van der Waals surface area contributed by atoms with Crippen LogP contribution < -0.4 is 0 Å². The first kappa shape index (κ1) is 13.9. The molecule has 0 N–H and O–H groups in total. The molecule has 2 fully saturated rings. The first-order valence-corrected chi connectivity index (χ1v) is 7.90. The van der Waals surface area contributed by atoms with Crippen molar-refractivity contribution in [3.63, 3.8) is 0 Å². The highest BCUT2D eigenvalue weighted by Crippen LogP contribution is 2.46. The lowest BCUT2D eigenvalue weighted by Crippen LogP contribution is -2.46. The lowest BCUT2D eigenvalue weighted by molar-refractivity contribution is -0.125. The van der Waals surface area contributed by atoms with Crippen LogP contribution >= 0.6 is 11.8 Å². The Hall–Kier alpha value is -1.08. The molecule has 0 aromatic carbocycles. The highest BCUT2D eigenvalue weighted by atomic mass is 32.2. The number of aromatic nitrogens is 2. The maximum absolute atomic E-state index is 11.5. The van der Waals surface area contributed by atoms with Crippen LogP contribution in [0.4, 0.5) is 0 Å². The highest BCUT2D eigenvalue weighted by molar-refractivity contribution is 7.99. The van der Waals surface area contributed by atoms with E-state index in [1.165, 1.54) is 6.42 Å². The molecule has 2 aliphatic rings. The average Bonchev–Trinajstić information content (AvgIpc) is 2.86. The SMILES string of the molecule is CCOC(=O)c1nnc(SC2CCOC3(CCC3)C2)o1. The summed E-state index contributed by atoms with van der Waals surface area (Å²) in [7, 11) is 0. The lowest BCUT2D eigenvalue weighted by Gasteiger charge is -2.46. The topological polar surface area (TPSA) is 74.5 Å². The zero-order chi connectivity index (χ0) is 14.0. The Bertz CT molecular complexity index is 486. The molecular weight excluding hydrogens is 280 g/mol. The number of carbonyl (C=O) groups is 1. The summed E-state index contributed by atoms with van der Waals surface area (Å²) in [6.45, 7) is 2.83. The van der Waals surface area contributed by atoms with E-state index in [4.69, 9.17) is 13.9 Å². The second-order valence-electron chi connectivity index (χ2n) is 5.21. The number of nitrogens with zero attached hydrogens (tertiary/aromatic N) is 2. The molecular formula is C13H18N2O4S. The second-order valence-corrected chi connectivity index (χ2v) is 6.46. The standard InChI is InChI=1S/C13H18N2O4S/c1-2-17-11(16)10-14-15-12(19-10)20-9-4-7-18-13(8-9)5-3-6-13/h9H,2-8H2,1H3. The van der Waals surface area contributed by atoms with Gasteiger partial charge in [0.25, 0.3) is 5.22 Å². The molecule has 110 valence electrons. The molecule has 0 bridgehead atoms. The normalized spacial score (nSPS) is 24.4. The van der Waals surface area contributed by atoms with Crippen LogP contribution in [0.2, 0.25) is 0 Å². The first-order valence-electron chi connectivity index (χ1n) is 7.02. The Morgan fingerprint density at radius 2 is 2.35 bits per heavy atom. The maximum atomic E-state index is 11.5. The molecule has 1 aromatic rings. The van der Waals surface area contributed by atoms with Gasteiger partial charge in [0.2, 0.25) is 0 Å². The summed E-state index contributed by atoms with van der Waals surface area (Å²) in [5, 5.41) is 8.49. The summed E-state index contributed by atoms with van der Waals surface area (Å²) < 4.78 is 16.1. The summed E-state index contributed by atoms with van der Waals surface area (Å²) in [5.74, 6) is -0.631. The molecule has 1 aliphatic heterocycles. The predicted molar refractivity (Wildman–Crippen MR) is 71.7 cm³/mol. The van der Waals surface area contributed by atoms with Gasteiger partial charge in [-0.15, -0.1) is 5.10 Å². The van der Waals surface area contributed by atoms with Crippen molar-refractivity contribution in [3.8, 4) is 0 Å². The maximum Gasteiger partial charge on any atom is 0.396 e. The Kier molecular flexibility index (Phi) is 3.98. The second kappa shape index (κ2) is 5.73. The largest absolute Gasteiger partial charge is 0.459 e. The Morgan fingerprint density at radius 1 is 1.50 bits per heavy atom. The van der Waals surface area contributed by atoms with Crippen molar-refractivity contribution in [2.45, 2.75) is 55.1 Å². The van der Waals surface area contributed by atoms with Gasteiger partial charge >= 0.3 is 11.9 Å². The lowest BCUT2D eigenvalue weighted by atomic mass is 9.75. The minimum absolute atomic E-state index is 0.0697. The van der Waals surface area contributed by atoms with Crippen LogP contribution in [0, 0.1) is 0 Å². The third-order valence-electron chi connectivity index (χ3n) is 3.84. The fourth-order valence-corrected chi connectivity index (χ4v) is 3.78. The fourth-order valence-electron chi connectivity index (χ4n) is 2.68. The molecule has 1 aromatic heterocycles. The molecule has 7 heteroatoms. The van der Waals surface area contributed by atoms with Crippen LogP contribution in [-0.4, -0.2) is 40.2 Å². The summed E-state index contributed by atoms with van der Waals surface area (Å²) >= 11 is 1.54. The number of carbonyl (C=O) groups excluding carboxylic acids is 1. The van der Waals surface area contributed by atoms with Crippen molar-refractivity contribution < 1.29 is 18.7 Å². The van der Waals surface area contributed by atoms with E-state index in [0.29, 0.717) is 17.1 Å². The van der Waals surface area contributed by atoms with Crippen LogP contribution in [0.1, 0.15) is 49.7 Å². The van der Waals surface area contributed by atoms with Crippen LogP contribution in [0.15, 0.2) is 9.64 Å². The quantitative estimate of drug-likeness (QED) is 0.790. The highest BCUT2D eigenvalue weighted by Gasteiger charge is 2.43. The molecule has 1 aliphatic carbocycles. The van der Waals surface area contributed by atoms with Crippen LogP contribution in [0.25, 0.3) is 0 Å². The van der Waals surface area contributed by atoms with Crippen LogP contribution in [0.5, 0.6) is 0 Å². The average molecular weight is 298 g/mol. The molecule has 1 saturated carbocycles. The van der Waals surface area contributed by atoms with E-state index in [-0.39, 0.29) is 11.5 Å². The third-order valence-corrected chi connectivity index (χ3v) is 4.94. The number of rotatable bonds is 4. The summed E-state index contributed by atoms with van der Waals surface area (Å²) in [5.41, 5.74) is 0.0971. The van der Waals surface area contributed by atoms with E-state index < -0.39 is 5.97 Å². The molecule has 1 spiro atoms. The third kappa shape index (κ3) is 2.83. The van der Waals surface area contributed by atoms with Crippen molar-refractivity contribution in [1.82, 2.24) is 10.2 Å². The number of esters is 1. The van der Waals surface area contributed by atoms with Crippen molar-refractivity contribution >= 4 is 17.7 Å². The molecule has 3 rings (SSSR count). The van der Waals surface area contributed by atoms with Gasteiger partial charge in [0.05, 0.1) is 12.2 Å². The van der Waals surface area contributed by atoms with Gasteiger partial charge in [-0.3, -0.25) is 0 Å². The van der Waals surface area contributed by atoms with E-state index in [0.717, 1.165) is 32.3 Å². The molecule has 2 heterocycles. The zero-order valence-electron chi connectivity index (χ0n) is 11.5. The first-order chi connectivity index (χ1) is 9.71. The van der Waals surface area contributed by atoms with Gasteiger partial charge in [0, 0.05) is 11.9 Å². The van der Waals surface area contributed by atoms with Crippen LogP contribution in [0.3, 0.4) is 0 Å². The Morgan fingerprint density at radius 3 is 3.05 bits per heavy atom. The molecule has 0 amide bonds. The summed E-state index contributed by atoms with van der Waals surface area (Å²) in [6.07, 6.45) is 5.56. The zero-order valence-corrected chi connectivity index (χ0v) is 12.3. The van der Waals surface area contributed by atoms with Gasteiger partial charge in [-0.05, 0) is 39.0 Å². The van der Waals surface area contributed by atoms with Crippen molar-refractivity contribution in [2.24, 2.45) is 0 Å². The van der Waals surface area contributed by atoms with Gasteiger partial charge in [0.1, 0.15) is 0 Å². The molecule has 1 unspecified atom stereocenters. The smallest absolute Gasteiger partial charge is 0.396 e. The summed E-state index contributed by atoms with van der Waals surface area (Å²) in [4.78, 5) is 11.5. The van der Waals surface area contributed by atoms with Crippen LogP contribution in [-0.2, 0) is 9.47 Å². The fraction of sp³-hybridized carbons (Fsp3) is 0.769. The van der Waals surface area contributed by atoms with Crippen molar-refractivity contribution in [1.29, 1.82) is 0 Å². The monoisotopic (exact) mass is 298 g/mol. The molecule has 0 radical (unpaired) electrons. The minimum Gasteiger partial charge on any atom is -0.459 e. The van der Waals surface area contributed by atoms with Gasteiger partial charge < -0.3 is 13.9 Å². The van der Waals surface area contributed by atoms with E-state index in [2.05, 4.69) is 10.2 Å². The summed E-state index contributed by atoms with van der Waals surface area (Å²) in [6, 6.07) is 0. The van der Waals surface area contributed by atoms with E-state index in [1.54, 1.807) is 18.7 Å². The van der Waals surface area contributed by atoms with Crippen molar-refractivity contribution in [2.75, 3.05) is 13.2 Å². The van der Waals surface area contributed by atoms with Gasteiger partial charge in [-0.25, -0.2) is 4.79 Å². The van der Waals surface area contributed by atoms with E-state index >= 15 is 0 Å². The molecule has 6 nitrogen and oxygen atoms in total. The Labute approximate surface area is 121 Å². The Balaban J connectivity index is 1.59. The van der Waals surface area contributed by atoms with Gasteiger partial charge in [-0.1, -0.05) is 16.9 Å². The van der Waals surface area contributed by atoms with Gasteiger partial charge in [0.15, 0.2) is 0 Å². The number of hydrogen-bond donors (Lipinski definition) is 0. The van der Waals surface area contributed by atoms with E-state index in [1.807, 2.05) is 0 Å². The number of hydrogen-bond acceptors (Lipinski definition) is 7. The van der Waals surface area contributed by atoms with Crippen molar-refractivity contribution in [3.05, 3.63) is 5.89 Å². The predicted octanol–water partition coefficient (Wildman–Crippen LogP) is 2.44. The van der Waals surface area contributed by atoms with Gasteiger partial charge in [-0.2, -0.15) is 0 Å². The molecule has 1 saturated heterocycles. The number of thioether (sulfide) groups is 1. The minimum atomic E-state index is -0.561. The van der Waals surface area contributed by atoms with E-state index in [9.17, 15) is 4.79 Å². The molecule has 1 atom stereocenters. The number of ether oxygens (including phenoxy) is 2.